The summed E-state index contributed by atoms with van der Waals surface area (Å²) in [4.78, 5) is 2.66. The van der Waals surface area contributed by atoms with Gasteiger partial charge < -0.3 is 10.6 Å². The molecular weight excluding hydrogens is 210 g/mol. The fraction of sp³-hybridized carbons (Fsp3) is 1.00. The minimum Gasteiger partial charge on any atom is -0.315 e. The third-order valence-corrected chi connectivity index (χ3v) is 3.37. The molecule has 2 aliphatic heterocycles. The fourth-order valence-electron chi connectivity index (χ4n) is 2.81. The molecule has 0 bridgehead atoms. The van der Waals surface area contributed by atoms with Crippen molar-refractivity contribution in [2.24, 2.45) is 0 Å². The summed E-state index contributed by atoms with van der Waals surface area (Å²) in [6.45, 7) is 9.43. The van der Waals surface area contributed by atoms with E-state index in [1.54, 1.807) is 0 Å². The first-order chi connectivity index (χ1) is 6.75. The molecule has 2 fully saturated rings. The molecule has 4 heteroatoms. The Kier molecular flexibility index (Phi) is 5.33. The average molecular weight is 234 g/mol. The molecule has 3 atom stereocenters. The summed E-state index contributed by atoms with van der Waals surface area (Å²) in [6.07, 6.45) is 2.73. The van der Waals surface area contributed by atoms with Crippen molar-refractivity contribution in [3.8, 4) is 0 Å². The predicted molar refractivity (Wildman–Crippen MR) is 66.8 cm³/mol. The number of nitrogens with one attached hydrogen (secondary N) is 2. The molecule has 0 aromatic rings. The lowest BCUT2D eigenvalue weighted by Crippen LogP contribution is -2.59. The molecule has 3 nitrogen and oxygen atoms in total. The van der Waals surface area contributed by atoms with Crippen LogP contribution in [-0.4, -0.2) is 49.2 Å². The molecule has 2 heterocycles. The minimum atomic E-state index is 0. The molecule has 0 aliphatic carbocycles. The third kappa shape index (κ3) is 3.59. The first-order valence-corrected chi connectivity index (χ1v) is 5.96. The number of rotatable bonds is 1. The van der Waals surface area contributed by atoms with Gasteiger partial charge in [0, 0.05) is 37.8 Å². The Morgan fingerprint density at radius 2 is 1.80 bits per heavy atom. The zero-order chi connectivity index (χ0) is 9.97. The molecule has 2 saturated heterocycles. The standard InChI is InChI=1S/C11H23N3.ClH/c1-9-7-14(8-10(2)13-9)11-4-3-5-12-6-11;/h9-13H,3-8H2,1-2H3;1H. The van der Waals surface area contributed by atoms with Crippen LogP contribution < -0.4 is 10.6 Å². The Balaban J connectivity index is 0.00000112. The van der Waals surface area contributed by atoms with E-state index in [0.29, 0.717) is 12.1 Å². The van der Waals surface area contributed by atoms with E-state index in [1.165, 1.54) is 39.0 Å². The van der Waals surface area contributed by atoms with Gasteiger partial charge in [-0.05, 0) is 33.2 Å². The average Bonchev–Trinajstić information content (AvgIpc) is 2.18. The summed E-state index contributed by atoms with van der Waals surface area (Å²) in [6, 6.07) is 2.09. The van der Waals surface area contributed by atoms with Crippen molar-refractivity contribution in [1.82, 2.24) is 15.5 Å². The number of halogens is 1. The van der Waals surface area contributed by atoms with Crippen molar-refractivity contribution in [1.29, 1.82) is 0 Å². The second-order valence-corrected chi connectivity index (χ2v) is 4.92. The van der Waals surface area contributed by atoms with Crippen LogP contribution in [0.1, 0.15) is 26.7 Å². The predicted octanol–water partition coefficient (Wildman–Crippen LogP) is 0.842. The van der Waals surface area contributed by atoms with Gasteiger partial charge in [-0.1, -0.05) is 0 Å². The second kappa shape index (κ2) is 6.04. The van der Waals surface area contributed by atoms with Gasteiger partial charge in [0.2, 0.25) is 0 Å². The number of piperidine rings is 1. The lowest BCUT2D eigenvalue weighted by atomic mass is 10.0. The highest BCUT2D eigenvalue weighted by atomic mass is 35.5. The topological polar surface area (TPSA) is 27.3 Å². The van der Waals surface area contributed by atoms with Gasteiger partial charge in [-0.3, -0.25) is 4.90 Å². The maximum atomic E-state index is 3.59. The van der Waals surface area contributed by atoms with Crippen molar-refractivity contribution in [2.45, 2.75) is 44.8 Å². The van der Waals surface area contributed by atoms with Gasteiger partial charge in [-0.2, -0.15) is 0 Å². The highest BCUT2D eigenvalue weighted by Crippen LogP contribution is 2.14. The lowest BCUT2D eigenvalue weighted by Gasteiger charge is -2.42. The second-order valence-electron chi connectivity index (χ2n) is 4.92. The van der Waals surface area contributed by atoms with Crippen LogP contribution in [0.2, 0.25) is 0 Å². The molecule has 0 radical (unpaired) electrons. The molecule has 0 aromatic carbocycles. The van der Waals surface area contributed by atoms with Crippen LogP contribution in [0.4, 0.5) is 0 Å². The van der Waals surface area contributed by atoms with E-state index in [0.717, 1.165) is 6.04 Å². The molecular formula is C11H24ClN3. The van der Waals surface area contributed by atoms with Gasteiger partial charge in [0.1, 0.15) is 0 Å². The van der Waals surface area contributed by atoms with Crippen molar-refractivity contribution in [2.75, 3.05) is 26.2 Å². The Morgan fingerprint density at radius 3 is 2.33 bits per heavy atom. The first kappa shape index (κ1) is 13.2. The summed E-state index contributed by atoms with van der Waals surface area (Å²) in [5, 5.41) is 7.09. The number of hydrogen-bond acceptors (Lipinski definition) is 3. The van der Waals surface area contributed by atoms with Crippen LogP contribution in [0.5, 0.6) is 0 Å². The largest absolute Gasteiger partial charge is 0.315 e. The molecule has 0 spiro atoms. The quantitative estimate of drug-likeness (QED) is 0.703. The Labute approximate surface area is 99.4 Å². The highest BCUT2D eigenvalue weighted by molar-refractivity contribution is 5.85. The van der Waals surface area contributed by atoms with E-state index >= 15 is 0 Å². The molecule has 0 amide bonds. The molecule has 15 heavy (non-hydrogen) atoms. The maximum absolute atomic E-state index is 3.59. The van der Waals surface area contributed by atoms with Crippen molar-refractivity contribution >= 4 is 12.4 Å². The molecule has 0 aromatic heterocycles. The smallest absolute Gasteiger partial charge is 0.0222 e. The monoisotopic (exact) mass is 233 g/mol. The Bertz CT molecular complexity index is 173. The number of nitrogens with zero attached hydrogens (tertiary/aromatic N) is 1. The lowest BCUT2D eigenvalue weighted by molar-refractivity contribution is 0.106. The zero-order valence-corrected chi connectivity index (χ0v) is 10.6. The summed E-state index contributed by atoms with van der Waals surface area (Å²) < 4.78 is 0. The van der Waals surface area contributed by atoms with Gasteiger partial charge in [-0.25, -0.2) is 0 Å². The van der Waals surface area contributed by atoms with Crippen LogP contribution in [0.15, 0.2) is 0 Å². The molecule has 3 unspecified atom stereocenters. The van der Waals surface area contributed by atoms with Crippen LogP contribution in [0.3, 0.4) is 0 Å². The van der Waals surface area contributed by atoms with E-state index in [4.69, 9.17) is 0 Å². The van der Waals surface area contributed by atoms with Gasteiger partial charge in [0.05, 0.1) is 0 Å². The summed E-state index contributed by atoms with van der Waals surface area (Å²) in [7, 11) is 0. The molecule has 2 N–H and O–H groups in total. The normalized spacial score (nSPS) is 38.4. The molecule has 0 saturated carbocycles. The zero-order valence-electron chi connectivity index (χ0n) is 9.83. The van der Waals surface area contributed by atoms with Gasteiger partial charge in [0.25, 0.3) is 0 Å². The van der Waals surface area contributed by atoms with Crippen LogP contribution >= 0.6 is 12.4 Å². The fourth-order valence-corrected chi connectivity index (χ4v) is 2.81. The molecule has 2 rings (SSSR count). The van der Waals surface area contributed by atoms with Gasteiger partial charge >= 0.3 is 0 Å². The maximum Gasteiger partial charge on any atom is 0.0222 e. The Hall–Kier alpha value is 0.170. The van der Waals surface area contributed by atoms with Gasteiger partial charge in [-0.15, -0.1) is 12.4 Å². The summed E-state index contributed by atoms with van der Waals surface area (Å²) in [5.74, 6) is 0. The van der Waals surface area contributed by atoms with Crippen LogP contribution in [0, 0.1) is 0 Å². The summed E-state index contributed by atoms with van der Waals surface area (Å²) in [5.41, 5.74) is 0. The molecule has 90 valence electrons. The summed E-state index contributed by atoms with van der Waals surface area (Å²) >= 11 is 0. The van der Waals surface area contributed by atoms with Crippen LogP contribution in [-0.2, 0) is 0 Å². The van der Waals surface area contributed by atoms with E-state index in [2.05, 4.69) is 29.4 Å². The number of hydrogen-bond donors (Lipinski definition) is 2. The van der Waals surface area contributed by atoms with Crippen molar-refractivity contribution in [3.63, 3.8) is 0 Å². The van der Waals surface area contributed by atoms with E-state index in [-0.39, 0.29) is 12.4 Å². The van der Waals surface area contributed by atoms with Crippen molar-refractivity contribution < 1.29 is 0 Å². The van der Waals surface area contributed by atoms with E-state index in [1.807, 2.05) is 0 Å². The van der Waals surface area contributed by atoms with Crippen LogP contribution in [0.25, 0.3) is 0 Å². The van der Waals surface area contributed by atoms with E-state index in [9.17, 15) is 0 Å². The minimum absolute atomic E-state index is 0. The highest BCUT2D eigenvalue weighted by Gasteiger charge is 2.27. The van der Waals surface area contributed by atoms with Gasteiger partial charge in [0.15, 0.2) is 0 Å². The third-order valence-electron chi connectivity index (χ3n) is 3.37. The first-order valence-electron chi connectivity index (χ1n) is 5.96. The van der Waals surface area contributed by atoms with Crippen molar-refractivity contribution in [3.05, 3.63) is 0 Å². The molecule has 2 aliphatic rings. The Morgan fingerprint density at radius 1 is 1.13 bits per heavy atom. The SMILES string of the molecule is CC1CN(C2CCCNC2)CC(C)N1.Cl. The number of piperazine rings is 1. The van der Waals surface area contributed by atoms with E-state index < -0.39 is 0 Å².